The van der Waals surface area contributed by atoms with E-state index in [0.29, 0.717) is 30.0 Å². The molecule has 3 N–H and O–H groups in total. The average molecular weight is 237 g/mol. The van der Waals surface area contributed by atoms with Crippen LogP contribution in [-0.2, 0) is 0 Å². The van der Waals surface area contributed by atoms with Crippen molar-refractivity contribution in [3.05, 3.63) is 23.5 Å². The van der Waals surface area contributed by atoms with Gasteiger partial charge in [0.05, 0.1) is 29.7 Å². The highest BCUT2D eigenvalue weighted by Gasteiger charge is 2.17. The third-order valence-electron chi connectivity index (χ3n) is 2.49. The molecule has 0 saturated heterocycles. The second-order valence-electron chi connectivity index (χ2n) is 3.92. The zero-order chi connectivity index (χ0) is 12.8. The van der Waals surface area contributed by atoms with Gasteiger partial charge in [0.1, 0.15) is 0 Å². The summed E-state index contributed by atoms with van der Waals surface area (Å²) in [6, 6.07) is 1.63. The number of aryl methyl sites for hydroxylation is 1. The summed E-state index contributed by atoms with van der Waals surface area (Å²) in [4.78, 5) is 17.9. The van der Waals surface area contributed by atoms with Gasteiger partial charge >= 0.3 is 0 Å². The van der Waals surface area contributed by atoms with E-state index in [0.717, 1.165) is 6.42 Å². The average Bonchev–Trinajstić information content (AvgIpc) is 2.31. The molecule has 1 aromatic heterocycles. The van der Waals surface area contributed by atoms with Crippen LogP contribution in [-0.4, -0.2) is 40.6 Å². The van der Waals surface area contributed by atoms with Gasteiger partial charge in [-0.25, -0.2) is 0 Å². The number of amides is 1. The molecule has 1 heterocycles. The zero-order valence-electron chi connectivity index (χ0n) is 10.3. The van der Waals surface area contributed by atoms with Crippen LogP contribution in [0.4, 0.5) is 5.69 Å². The van der Waals surface area contributed by atoms with Crippen molar-refractivity contribution in [2.45, 2.75) is 20.3 Å². The third kappa shape index (κ3) is 3.42. The number of nitrogens with two attached hydrogens (primary N) is 1. The van der Waals surface area contributed by atoms with Gasteiger partial charge < -0.3 is 15.7 Å². The molecule has 0 aliphatic rings. The van der Waals surface area contributed by atoms with Gasteiger partial charge in [-0.15, -0.1) is 0 Å². The number of hydrogen-bond acceptors (Lipinski definition) is 4. The number of nitrogens with zero attached hydrogens (tertiary/aromatic N) is 2. The van der Waals surface area contributed by atoms with Crippen LogP contribution in [0.5, 0.6) is 0 Å². The minimum Gasteiger partial charge on any atom is -0.397 e. The summed E-state index contributed by atoms with van der Waals surface area (Å²) in [5, 5.41) is 8.95. The Labute approximate surface area is 101 Å². The predicted octanol–water partition coefficient (Wildman–Crippen LogP) is 0.817. The van der Waals surface area contributed by atoms with E-state index >= 15 is 0 Å². The lowest BCUT2D eigenvalue weighted by Crippen LogP contribution is -2.34. The van der Waals surface area contributed by atoms with Crippen LogP contribution in [0.15, 0.2) is 12.3 Å². The molecular weight excluding hydrogens is 218 g/mol. The van der Waals surface area contributed by atoms with E-state index in [2.05, 4.69) is 4.98 Å². The Balaban J connectivity index is 2.95. The van der Waals surface area contributed by atoms with Crippen molar-refractivity contribution in [3.8, 4) is 0 Å². The van der Waals surface area contributed by atoms with Crippen molar-refractivity contribution in [1.29, 1.82) is 0 Å². The molecule has 17 heavy (non-hydrogen) atoms. The van der Waals surface area contributed by atoms with Crippen LogP contribution >= 0.6 is 0 Å². The third-order valence-corrected chi connectivity index (χ3v) is 2.49. The molecule has 1 rings (SSSR count). The summed E-state index contributed by atoms with van der Waals surface area (Å²) in [6.45, 7) is 4.67. The lowest BCUT2D eigenvalue weighted by atomic mass is 10.1. The fraction of sp³-hybridized carbons (Fsp3) is 0.500. The molecule has 0 aromatic carbocycles. The van der Waals surface area contributed by atoms with Crippen molar-refractivity contribution in [1.82, 2.24) is 9.88 Å². The van der Waals surface area contributed by atoms with Crippen molar-refractivity contribution < 1.29 is 9.90 Å². The molecule has 0 bridgehead atoms. The normalized spacial score (nSPS) is 10.3. The van der Waals surface area contributed by atoms with Gasteiger partial charge in [0, 0.05) is 13.1 Å². The molecule has 0 saturated carbocycles. The first kappa shape index (κ1) is 13.4. The number of anilines is 1. The van der Waals surface area contributed by atoms with Crippen LogP contribution in [0.25, 0.3) is 0 Å². The highest BCUT2D eigenvalue weighted by atomic mass is 16.3. The van der Waals surface area contributed by atoms with Crippen molar-refractivity contribution in [2.75, 3.05) is 25.4 Å². The number of carbonyl (C=O) groups is 1. The van der Waals surface area contributed by atoms with Gasteiger partial charge in [-0.1, -0.05) is 6.92 Å². The number of aliphatic hydroxyl groups is 1. The fourth-order valence-electron chi connectivity index (χ4n) is 1.64. The van der Waals surface area contributed by atoms with Gasteiger partial charge in [-0.2, -0.15) is 0 Å². The monoisotopic (exact) mass is 237 g/mol. The molecule has 0 atom stereocenters. The molecule has 94 valence electrons. The summed E-state index contributed by atoms with van der Waals surface area (Å²) in [7, 11) is 0. The lowest BCUT2D eigenvalue weighted by Gasteiger charge is -2.21. The number of aromatic nitrogens is 1. The van der Waals surface area contributed by atoms with Crippen molar-refractivity contribution >= 4 is 11.6 Å². The molecule has 1 aromatic rings. The van der Waals surface area contributed by atoms with E-state index in [1.54, 1.807) is 17.9 Å². The van der Waals surface area contributed by atoms with Crippen LogP contribution < -0.4 is 5.73 Å². The second kappa shape index (κ2) is 6.20. The summed E-state index contributed by atoms with van der Waals surface area (Å²) in [5.74, 6) is -0.127. The minimum atomic E-state index is -0.127. The summed E-state index contributed by atoms with van der Waals surface area (Å²) in [5.41, 5.74) is 7.26. The lowest BCUT2D eigenvalue weighted by molar-refractivity contribution is 0.0721. The Bertz CT molecular complexity index is 387. The van der Waals surface area contributed by atoms with Crippen molar-refractivity contribution in [3.63, 3.8) is 0 Å². The van der Waals surface area contributed by atoms with Gasteiger partial charge in [0.15, 0.2) is 0 Å². The maximum atomic E-state index is 12.2. The van der Waals surface area contributed by atoms with E-state index in [1.807, 2.05) is 6.92 Å². The smallest absolute Gasteiger partial charge is 0.255 e. The van der Waals surface area contributed by atoms with Crippen LogP contribution in [0.2, 0.25) is 0 Å². The van der Waals surface area contributed by atoms with Gasteiger partial charge in [-0.05, 0) is 19.4 Å². The van der Waals surface area contributed by atoms with Crippen molar-refractivity contribution in [2.24, 2.45) is 0 Å². The first-order valence-corrected chi connectivity index (χ1v) is 5.72. The largest absolute Gasteiger partial charge is 0.397 e. The van der Waals surface area contributed by atoms with E-state index in [-0.39, 0.29) is 12.5 Å². The van der Waals surface area contributed by atoms with Crippen LogP contribution in [0, 0.1) is 6.92 Å². The first-order valence-electron chi connectivity index (χ1n) is 5.72. The molecule has 0 aliphatic carbocycles. The summed E-state index contributed by atoms with van der Waals surface area (Å²) < 4.78 is 0. The van der Waals surface area contributed by atoms with E-state index in [4.69, 9.17) is 10.8 Å². The van der Waals surface area contributed by atoms with E-state index in [9.17, 15) is 4.79 Å². The highest BCUT2D eigenvalue weighted by Crippen LogP contribution is 2.12. The molecule has 0 radical (unpaired) electrons. The molecule has 0 unspecified atom stereocenters. The minimum absolute atomic E-state index is 0.0411. The SMILES string of the molecule is CCCN(CCO)C(=O)c1cc(N)cnc1C. The number of pyridine rings is 1. The predicted molar refractivity (Wildman–Crippen MR) is 66.7 cm³/mol. The fourth-order valence-corrected chi connectivity index (χ4v) is 1.64. The number of carbonyl (C=O) groups excluding carboxylic acids is 1. The molecule has 0 aliphatic heterocycles. The number of hydrogen-bond donors (Lipinski definition) is 2. The quantitative estimate of drug-likeness (QED) is 0.794. The Kier molecular flexibility index (Phi) is 4.90. The number of aliphatic hydroxyl groups excluding tert-OH is 1. The molecular formula is C12H19N3O2. The summed E-state index contributed by atoms with van der Waals surface area (Å²) in [6.07, 6.45) is 2.38. The molecule has 5 nitrogen and oxygen atoms in total. The molecule has 0 fully saturated rings. The topological polar surface area (TPSA) is 79.5 Å². The molecule has 1 amide bonds. The van der Waals surface area contributed by atoms with Crippen LogP contribution in [0.1, 0.15) is 29.4 Å². The first-order chi connectivity index (χ1) is 8.10. The number of nitrogen functional groups attached to an aromatic ring is 1. The van der Waals surface area contributed by atoms with Gasteiger partial charge in [0.25, 0.3) is 5.91 Å². The second-order valence-corrected chi connectivity index (χ2v) is 3.92. The molecule has 5 heteroatoms. The highest BCUT2D eigenvalue weighted by molar-refractivity contribution is 5.96. The van der Waals surface area contributed by atoms with Gasteiger partial charge in [0.2, 0.25) is 0 Å². The van der Waals surface area contributed by atoms with E-state index in [1.165, 1.54) is 6.20 Å². The zero-order valence-corrected chi connectivity index (χ0v) is 10.3. The Hall–Kier alpha value is -1.62. The Morgan fingerprint density at radius 1 is 1.53 bits per heavy atom. The Morgan fingerprint density at radius 2 is 2.24 bits per heavy atom. The Morgan fingerprint density at radius 3 is 2.82 bits per heavy atom. The summed E-state index contributed by atoms with van der Waals surface area (Å²) >= 11 is 0. The van der Waals surface area contributed by atoms with Crippen LogP contribution in [0.3, 0.4) is 0 Å². The van der Waals surface area contributed by atoms with Gasteiger partial charge in [-0.3, -0.25) is 9.78 Å². The number of rotatable bonds is 5. The standard InChI is InChI=1S/C12H19N3O2/c1-3-4-15(5-6-16)12(17)11-7-10(13)8-14-9(11)2/h7-8,16H,3-6,13H2,1-2H3. The maximum Gasteiger partial charge on any atom is 0.255 e. The maximum absolute atomic E-state index is 12.2. The van der Waals surface area contributed by atoms with E-state index < -0.39 is 0 Å². The molecule has 0 spiro atoms.